The molecule has 0 saturated heterocycles. The summed E-state index contributed by atoms with van der Waals surface area (Å²) in [5, 5.41) is 2.52. The molecule has 0 bridgehead atoms. The van der Waals surface area contributed by atoms with Crippen LogP contribution in [0.25, 0.3) is 0 Å². The van der Waals surface area contributed by atoms with Crippen molar-refractivity contribution in [1.82, 2.24) is 10.9 Å². The maximum atomic E-state index is 12.3. The highest BCUT2D eigenvalue weighted by Gasteiger charge is 2.12. The lowest BCUT2D eigenvalue weighted by molar-refractivity contribution is 0.0846. The standard InChI is InChI=1S/C19H21N3O6/c1-4-28-19(25)20-14-7-5-12(6-8-14)17(23)21-22-18(24)13-9-15(26-2)11-16(10-13)27-3/h5-11H,4H2,1-3H3,(H,20,25)(H,21,23)(H,22,24). The van der Waals surface area contributed by atoms with Gasteiger partial charge in [-0.2, -0.15) is 0 Å². The van der Waals surface area contributed by atoms with Crippen molar-refractivity contribution in [2.45, 2.75) is 6.92 Å². The molecule has 2 rings (SSSR count). The molecule has 0 atom stereocenters. The fourth-order valence-electron chi connectivity index (χ4n) is 2.19. The van der Waals surface area contributed by atoms with E-state index in [1.807, 2.05) is 0 Å². The van der Waals surface area contributed by atoms with E-state index in [4.69, 9.17) is 14.2 Å². The van der Waals surface area contributed by atoms with Crippen LogP contribution < -0.4 is 25.6 Å². The number of hydrogen-bond donors (Lipinski definition) is 3. The Morgan fingerprint density at radius 3 is 1.86 bits per heavy atom. The van der Waals surface area contributed by atoms with Gasteiger partial charge in [0.2, 0.25) is 0 Å². The lowest BCUT2D eigenvalue weighted by Crippen LogP contribution is -2.41. The SMILES string of the molecule is CCOC(=O)Nc1ccc(C(=O)NNC(=O)c2cc(OC)cc(OC)c2)cc1. The summed E-state index contributed by atoms with van der Waals surface area (Å²) in [7, 11) is 2.94. The third-order valence-electron chi connectivity index (χ3n) is 3.57. The highest BCUT2D eigenvalue weighted by molar-refractivity contribution is 5.99. The van der Waals surface area contributed by atoms with E-state index in [0.717, 1.165) is 0 Å². The van der Waals surface area contributed by atoms with Gasteiger partial charge in [-0.15, -0.1) is 0 Å². The molecule has 0 aliphatic heterocycles. The van der Waals surface area contributed by atoms with Gasteiger partial charge in [0.05, 0.1) is 20.8 Å². The van der Waals surface area contributed by atoms with Crippen LogP contribution in [-0.4, -0.2) is 38.7 Å². The number of benzene rings is 2. The van der Waals surface area contributed by atoms with Crippen LogP contribution in [0.4, 0.5) is 10.5 Å². The first-order valence-corrected chi connectivity index (χ1v) is 8.34. The number of carbonyl (C=O) groups is 3. The number of carbonyl (C=O) groups excluding carboxylic acids is 3. The molecule has 0 aliphatic rings. The van der Waals surface area contributed by atoms with E-state index in [0.29, 0.717) is 17.2 Å². The summed E-state index contributed by atoms with van der Waals surface area (Å²) >= 11 is 0. The minimum absolute atomic E-state index is 0.255. The van der Waals surface area contributed by atoms with Crippen molar-refractivity contribution in [3.8, 4) is 11.5 Å². The third-order valence-corrected chi connectivity index (χ3v) is 3.57. The molecule has 148 valence electrons. The first kappa shape index (κ1) is 20.6. The Kier molecular flexibility index (Phi) is 7.21. The van der Waals surface area contributed by atoms with E-state index >= 15 is 0 Å². The number of anilines is 1. The van der Waals surface area contributed by atoms with E-state index in [9.17, 15) is 14.4 Å². The molecule has 0 fully saturated rings. The van der Waals surface area contributed by atoms with Gasteiger partial charge in [-0.25, -0.2) is 4.79 Å². The molecule has 3 N–H and O–H groups in total. The smallest absolute Gasteiger partial charge is 0.411 e. The van der Waals surface area contributed by atoms with E-state index < -0.39 is 17.9 Å². The van der Waals surface area contributed by atoms with Gasteiger partial charge >= 0.3 is 6.09 Å². The normalized spacial score (nSPS) is 9.82. The van der Waals surface area contributed by atoms with E-state index in [1.165, 1.54) is 38.5 Å². The molecule has 3 amide bonds. The number of methoxy groups -OCH3 is 2. The number of rotatable bonds is 6. The lowest BCUT2D eigenvalue weighted by Gasteiger charge is -2.10. The van der Waals surface area contributed by atoms with Crippen LogP contribution in [0, 0.1) is 0 Å². The van der Waals surface area contributed by atoms with Crippen LogP contribution in [-0.2, 0) is 4.74 Å². The summed E-state index contributed by atoms with van der Waals surface area (Å²) in [6, 6.07) is 10.7. The second-order valence-corrected chi connectivity index (χ2v) is 5.43. The molecule has 0 heterocycles. The summed E-state index contributed by atoms with van der Waals surface area (Å²) in [4.78, 5) is 35.8. The van der Waals surface area contributed by atoms with E-state index in [2.05, 4.69) is 16.2 Å². The van der Waals surface area contributed by atoms with Crippen molar-refractivity contribution < 1.29 is 28.6 Å². The zero-order valence-corrected chi connectivity index (χ0v) is 15.7. The molecule has 0 aliphatic carbocycles. The minimum atomic E-state index is -0.583. The Bertz CT molecular complexity index is 829. The molecule has 0 radical (unpaired) electrons. The topological polar surface area (TPSA) is 115 Å². The third kappa shape index (κ3) is 5.63. The van der Waals surface area contributed by atoms with Crippen LogP contribution in [0.3, 0.4) is 0 Å². The Morgan fingerprint density at radius 2 is 1.36 bits per heavy atom. The van der Waals surface area contributed by atoms with Crippen molar-refractivity contribution >= 4 is 23.6 Å². The van der Waals surface area contributed by atoms with Gasteiger partial charge in [0.1, 0.15) is 11.5 Å². The van der Waals surface area contributed by atoms with Crippen molar-refractivity contribution in [3.05, 3.63) is 53.6 Å². The Morgan fingerprint density at radius 1 is 0.821 bits per heavy atom. The molecule has 0 unspecified atom stereocenters. The van der Waals surface area contributed by atoms with Gasteiger partial charge in [-0.1, -0.05) is 0 Å². The van der Waals surface area contributed by atoms with Gasteiger partial charge in [-0.3, -0.25) is 25.8 Å². The summed E-state index contributed by atoms with van der Waals surface area (Å²) in [5.41, 5.74) is 5.66. The Balaban J connectivity index is 1.96. The number of hydrazine groups is 1. The molecule has 2 aromatic carbocycles. The predicted octanol–water partition coefficient (Wildman–Crippen LogP) is 2.35. The van der Waals surface area contributed by atoms with Gasteiger partial charge < -0.3 is 14.2 Å². The van der Waals surface area contributed by atoms with Crippen LogP contribution in [0.1, 0.15) is 27.6 Å². The summed E-state index contributed by atoms with van der Waals surface area (Å²) in [6.45, 7) is 1.95. The fourth-order valence-corrected chi connectivity index (χ4v) is 2.19. The molecule has 28 heavy (non-hydrogen) atoms. The molecular weight excluding hydrogens is 366 g/mol. The van der Waals surface area contributed by atoms with Gasteiger partial charge in [0.25, 0.3) is 11.8 Å². The Hall–Kier alpha value is -3.75. The number of nitrogens with one attached hydrogen (secondary N) is 3. The first-order chi connectivity index (χ1) is 13.5. The van der Waals surface area contributed by atoms with E-state index in [-0.39, 0.29) is 17.7 Å². The monoisotopic (exact) mass is 387 g/mol. The Labute approximate surface area is 161 Å². The van der Waals surface area contributed by atoms with E-state index in [1.54, 1.807) is 25.1 Å². The van der Waals surface area contributed by atoms with Crippen LogP contribution >= 0.6 is 0 Å². The highest BCUT2D eigenvalue weighted by atomic mass is 16.5. The molecular formula is C19H21N3O6. The second-order valence-electron chi connectivity index (χ2n) is 5.43. The lowest BCUT2D eigenvalue weighted by atomic mass is 10.2. The minimum Gasteiger partial charge on any atom is -0.497 e. The van der Waals surface area contributed by atoms with Crippen LogP contribution in [0.15, 0.2) is 42.5 Å². The molecule has 9 nitrogen and oxygen atoms in total. The molecule has 0 spiro atoms. The van der Waals surface area contributed by atoms with Gasteiger partial charge in [0, 0.05) is 22.9 Å². The van der Waals surface area contributed by atoms with Crippen molar-refractivity contribution in [3.63, 3.8) is 0 Å². The zero-order chi connectivity index (χ0) is 20.5. The molecule has 0 saturated carbocycles. The zero-order valence-electron chi connectivity index (χ0n) is 15.7. The maximum Gasteiger partial charge on any atom is 0.411 e. The average molecular weight is 387 g/mol. The van der Waals surface area contributed by atoms with Crippen molar-refractivity contribution in [1.29, 1.82) is 0 Å². The second kappa shape index (κ2) is 9.81. The number of amides is 3. The summed E-state index contributed by atoms with van der Waals surface area (Å²) in [6.07, 6.45) is -0.583. The molecule has 9 heteroatoms. The average Bonchev–Trinajstić information content (AvgIpc) is 2.71. The predicted molar refractivity (Wildman–Crippen MR) is 102 cm³/mol. The molecule has 2 aromatic rings. The highest BCUT2D eigenvalue weighted by Crippen LogP contribution is 2.22. The number of hydrogen-bond acceptors (Lipinski definition) is 6. The van der Waals surface area contributed by atoms with Crippen LogP contribution in [0.5, 0.6) is 11.5 Å². The molecule has 0 aromatic heterocycles. The summed E-state index contributed by atoms with van der Waals surface area (Å²) < 4.78 is 15.0. The maximum absolute atomic E-state index is 12.3. The first-order valence-electron chi connectivity index (χ1n) is 8.34. The quantitative estimate of drug-likeness (QED) is 0.656. The van der Waals surface area contributed by atoms with Gasteiger partial charge in [-0.05, 0) is 43.3 Å². The van der Waals surface area contributed by atoms with Crippen molar-refractivity contribution in [2.24, 2.45) is 0 Å². The number of ether oxygens (including phenoxy) is 3. The largest absolute Gasteiger partial charge is 0.497 e. The summed E-state index contributed by atoms with van der Waals surface area (Å²) in [5.74, 6) is -0.168. The van der Waals surface area contributed by atoms with Gasteiger partial charge in [0.15, 0.2) is 0 Å². The fraction of sp³-hybridized carbons (Fsp3) is 0.211. The van der Waals surface area contributed by atoms with Crippen molar-refractivity contribution in [2.75, 3.05) is 26.1 Å². The van der Waals surface area contributed by atoms with Crippen LogP contribution in [0.2, 0.25) is 0 Å².